The lowest BCUT2D eigenvalue weighted by molar-refractivity contribution is 0.412. The van der Waals surface area contributed by atoms with Crippen LogP contribution in [0.25, 0.3) is 5.57 Å². The van der Waals surface area contributed by atoms with Gasteiger partial charge in [-0.05, 0) is 43.7 Å². The smallest absolute Gasteiger partial charge is 0.230 e. The summed E-state index contributed by atoms with van der Waals surface area (Å²) in [5.74, 6) is 1.41. The molecule has 0 aromatic carbocycles. The van der Waals surface area contributed by atoms with E-state index in [2.05, 4.69) is 27.8 Å². The molecule has 90 valence electrons. The van der Waals surface area contributed by atoms with Crippen LogP contribution in [0.3, 0.4) is 0 Å². The standard InChI is InChI=1S/C14H13N3O/c1-9-10-4-3-5-11-13(10)14(17-8-16-11)18-12(9)6-7-15-2/h4,6-8H,2-3,5H2,1H3/b7-6-. The summed E-state index contributed by atoms with van der Waals surface area (Å²) in [7, 11) is 0. The van der Waals surface area contributed by atoms with E-state index < -0.39 is 0 Å². The van der Waals surface area contributed by atoms with Crippen LogP contribution < -0.4 is 4.74 Å². The van der Waals surface area contributed by atoms with Gasteiger partial charge in [-0.3, -0.25) is 4.99 Å². The number of hydrogen-bond donors (Lipinski definition) is 0. The summed E-state index contributed by atoms with van der Waals surface area (Å²) in [4.78, 5) is 12.3. The number of aromatic nitrogens is 2. The molecule has 0 fully saturated rings. The molecule has 1 aromatic heterocycles. The van der Waals surface area contributed by atoms with E-state index in [0.29, 0.717) is 5.88 Å². The van der Waals surface area contributed by atoms with Gasteiger partial charge in [0, 0.05) is 6.20 Å². The minimum atomic E-state index is 0.639. The third kappa shape index (κ3) is 1.57. The number of rotatable bonds is 2. The van der Waals surface area contributed by atoms with E-state index in [0.717, 1.165) is 35.4 Å². The lowest BCUT2D eigenvalue weighted by atomic mass is 9.89. The van der Waals surface area contributed by atoms with Crippen molar-refractivity contribution in [3.63, 3.8) is 0 Å². The SMILES string of the molecule is C=N/C=C\C1=C(C)C2=CCCc3ncnc(c32)O1. The second kappa shape index (κ2) is 4.22. The summed E-state index contributed by atoms with van der Waals surface area (Å²) in [6, 6.07) is 0. The first-order valence-electron chi connectivity index (χ1n) is 5.87. The Morgan fingerprint density at radius 1 is 1.44 bits per heavy atom. The van der Waals surface area contributed by atoms with Gasteiger partial charge in [0.15, 0.2) is 0 Å². The van der Waals surface area contributed by atoms with Gasteiger partial charge in [-0.2, -0.15) is 0 Å². The number of hydrogen-bond acceptors (Lipinski definition) is 4. The topological polar surface area (TPSA) is 47.4 Å². The highest BCUT2D eigenvalue weighted by molar-refractivity contribution is 5.85. The van der Waals surface area contributed by atoms with Crippen LogP contribution in [-0.4, -0.2) is 16.7 Å². The predicted molar refractivity (Wildman–Crippen MR) is 70.3 cm³/mol. The van der Waals surface area contributed by atoms with Gasteiger partial charge >= 0.3 is 0 Å². The molecular weight excluding hydrogens is 226 g/mol. The Morgan fingerprint density at radius 3 is 3.17 bits per heavy atom. The Morgan fingerprint density at radius 2 is 2.33 bits per heavy atom. The van der Waals surface area contributed by atoms with Crippen molar-refractivity contribution < 1.29 is 4.74 Å². The van der Waals surface area contributed by atoms with Gasteiger partial charge in [-0.1, -0.05) is 6.08 Å². The van der Waals surface area contributed by atoms with E-state index in [1.807, 2.05) is 13.0 Å². The zero-order chi connectivity index (χ0) is 12.5. The average Bonchev–Trinajstić information content (AvgIpc) is 2.41. The van der Waals surface area contributed by atoms with Gasteiger partial charge in [-0.25, -0.2) is 9.97 Å². The molecule has 1 aliphatic carbocycles. The molecular formula is C14H13N3O. The highest BCUT2D eigenvalue weighted by Gasteiger charge is 2.27. The van der Waals surface area contributed by atoms with E-state index in [-0.39, 0.29) is 0 Å². The van der Waals surface area contributed by atoms with Crippen LogP contribution >= 0.6 is 0 Å². The third-order valence-electron chi connectivity index (χ3n) is 3.20. The number of aryl methyl sites for hydroxylation is 1. The fourth-order valence-corrected chi connectivity index (χ4v) is 2.33. The molecule has 0 spiro atoms. The van der Waals surface area contributed by atoms with Crippen LogP contribution in [0.2, 0.25) is 0 Å². The van der Waals surface area contributed by atoms with Crippen molar-refractivity contribution in [3.05, 3.63) is 47.3 Å². The summed E-state index contributed by atoms with van der Waals surface area (Å²) in [6.07, 6.45) is 9.17. The normalized spacial score (nSPS) is 17.3. The third-order valence-corrected chi connectivity index (χ3v) is 3.20. The van der Waals surface area contributed by atoms with Crippen molar-refractivity contribution >= 4 is 12.3 Å². The van der Waals surface area contributed by atoms with Crippen LogP contribution in [0.5, 0.6) is 5.88 Å². The summed E-state index contributed by atoms with van der Waals surface area (Å²) in [5.41, 5.74) is 4.40. The van der Waals surface area contributed by atoms with Crippen LogP contribution in [0.15, 0.2) is 41.0 Å². The van der Waals surface area contributed by atoms with E-state index in [9.17, 15) is 0 Å². The van der Waals surface area contributed by atoms with Crippen LogP contribution in [0, 0.1) is 0 Å². The first-order valence-corrected chi connectivity index (χ1v) is 5.87. The molecule has 0 atom stereocenters. The maximum atomic E-state index is 5.81. The van der Waals surface area contributed by atoms with Crippen molar-refractivity contribution in [3.8, 4) is 5.88 Å². The fraction of sp³-hybridized carbons (Fsp3) is 0.214. The minimum absolute atomic E-state index is 0.639. The van der Waals surface area contributed by atoms with Crippen molar-refractivity contribution in [1.29, 1.82) is 0 Å². The molecule has 0 saturated carbocycles. The maximum Gasteiger partial charge on any atom is 0.230 e. The van der Waals surface area contributed by atoms with Gasteiger partial charge in [0.1, 0.15) is 12.1 Å². The van der Waals surface area contributed by atoms with E-state index in [4.69, 9.17) is 4.74 Å². The molecule has 3 rings (SSSR count). The molecule has 0 radical (unpaired) electrons. The molecule has 0 unspecified atom stereocenters. The molecule has 0 saturated heterocycles. The summed E-state index contributed by atoms with van der Waals surface area (Å²) in [5, 5.41) is 0. The van der Waals surface area contributed by atoms with E-state index in [1.54, 1.807) is 12.5 Å². The minimum Gasteiger partial charge on any atom is -0.438 e. The number of aliphatic imine (C=N–C) groups is 1. The van der Waals surface area contributed by atoms with Crippen molar-refractivity contribution in [1.82, 2.24) is 9.97 Å². The van der Waals surface area contributed by atoms with Gasteiger partial charge < -0.3 is 4.74 Å². The second-order valence-electron chi connectivity index (χ2n) is 4.25. The molecule has 1 aromatic rings. The highest BCUT2D eigenvalue weighted by atomic mass is 16.5. The largest absolute Gasteiger partial charge is 0.438 e. The highest BCUT2D eigenvalue weighted by Crippen LogP contribution is 2.41. The summed E-state index contributed by atoms with van der Waals surface area (Å²) < 4.78 is 5.81. The van der Waals surface area contributed by atoms with Crippen LogP contribution in [0.1, 0.15) is 24.6 Å². The van der Waals surface area contributed by atoms with Gasteiger partial charge in [0.25, 0.3) is 0 Å². The maximum absolute atomic E-state index is 5.81. The molecule has 1 aliphatic heterocycles. The molecule has 2 aliphatic rings. The van der Waals surface area contributed by atoms with Crippen LogP contribution in [0.4, 0.5) is 0 Å². The van der Waals surface area contributed by atoms with Gasteiger partial charge in [0.05, 0.1) is 11.3 Å². The predicted octanol–water partition coefficient (Wildman–Crippen LogP) is 2.69. The molecule has 4 nitrogen and oxygen atoms in total. The first kappa shape index (κ1) is 10.9. The summed E-state index contributed by atoms with van der Waals surface area (Å²) >= 11 is 0. The second-order valence-corrected chi connectivity index (χ2v) is 4.25. The summed E-state index contributed by atoms with van der Waals surface area (Å²) in [6.45, 7) is 5.47. The molecule has 0 N–H and O–H groups in total. The fourth-order valence-electron chi connectivity index (χ4n) is 2.33. The first-order chi connectivity index (χ1) is 8.81. The van der Waals surface area contributed by atoms with Crippen molar-refractivity contribution in [2.24, 2.45) is 4.99 Å². The van der Waals surface area contributed by atoms with Gasteiger partial charge in [0.2, 0.25) is 5.88 Å². The number of nitrogens with zero attached hydrogens (tertiary/aromatic N) is 3. The lowest BCUT2D eigenvalue weighted by Crippen LogP contribution is -2.14. The molecule has 0 bridgehead atoms. The lowest BCUT2D eigenvalue weighted by Gasteiger charge is -2.25. The van der Waals surface area contributed by atoms with Crippen LogP contribution in [-0.2, 0) is 6.42 Å². The van der Waals surface area contributed by atoms with E-state index in [1.165, 1.54) is 5.57 Å². The molecule has 4 heteroatoms. The zero-order valence-electron chi connectivity index (χ0n) is 10.2. The monoisotopic (exact) mass is 239 g/mol. The molecule has 0 amide bonds. The molecule has 2 heterocycles. The van der Waals surface area contributed by atoms with E-state index >= 15 is 0 Å². The quantitative estimate of drug-likeness (QED) is 0.745. The Kier molecular flexibility index (Phi) is 2.55. The average molecular weight is 239 g/mol. The number of ether oxygens (including phenoxy) is 1. The molecule has 18 heavy (non-hydrogen) atoms. The Bertz CT molecular complexity index is 611. The van der Waals surface area contributed by atoms with Crippen molar-refractivity contribution in [2.75, 3.05) is 0 Å². The van der Waals surface area contributed by atoms with Gasteiger partial charge in [-0.15, -0.1) is 0 Å². The van der Waals surface area contributed by atoms with Crippen molar-refractivity contribution in [2.45, 2.75) is 19.8 Å². The zero-order valence-corrected chi connectivity index (χ0v) is 10.2. The Balaban J connectivity index is 2.17. The Hall–Kier alpha value is -2.23. The number of allylic oxidation sites excluding steroid dienone is 4. The Labute approximate surface area is 105 Å².